The van der Waals surface area contributed by atoms with E-state index in [9.17, 15) is 4.39 Å². The summed E-state index contributed by atoms with van der Waals surface area (Å²) < 4.78 is 12.7. The second kappa shape index (κ2) is 5.72. The van der Waals surface area contributed by atoms with E-state index in [1.807, 2.05) is 13.8 Å². The molecule has 0 saturated carbocycles. The molecule has 0 unspecified atom stereocenters. The average Bonchev–Trinajstić information content (AvgIpc) is 2.13. The SMILES string of the molecule is CC.Cc1ccc(B(O)O)cc1F. The van der Waals surface area contributed by atoms with Crippen molar-refractivity contribution in [1.82, 2.24) is 0 Å². The van der Waals surface area contributed by atoms with Gasteiger partial charge in [0.1, 0.15) is 5.82 Å². The first-order valence-electron chi connectivity index (χ1n) is 4.23. The normalized spacial score (nSPS) is 8.77. The Morgan fingerprint density at radius 2 is 1.77 bits per heavy atom. The smallest absolute Gasteiger partial charge is 0.423 e. The van der Waals surface area contributed by atoms with Crippen LogP contribution in [-0.2, 0) is 0 Å². The molecule has 1 rings (SSSR count). The maximum absolute atomic E-state index is 12.7. The molecule has 0 atom stereocenters. The van der Waals surface area contributed by atoms with Crippen LogP contribution in [0.5, 0.6) is 0 Å². The summed E-state index contributed by atoms with van der Waals surface area (Å²) in [7, 11) is -1.59. The topological polar surface area (TPSA) is 40.5 Å². The van der Waals surface area contributed by atoms with Crippen molar-refractivity contribution in [2.24, 2.45) is 0 Å². The van der Waals surface area contributed by atoms with Gasteiger partial charge in [-0.2, -0.15) is 0 Å². The molecule has 13 heavy (non-hydrogen) atoms. The third-order valence-corrected chi connectivity index (χ3v) is 1.49. The van der Waals surface area contributed by atoms with Gasteiger partial charge in [-0.05, 0) is 24.0 Å². The molecule has 0 aromatic heterocycles. The minimum absolute atomic E-state index is 0.174. The maximum atomic E-state index is 12.7. The Labute approximate surface area is 78.2 Å². The fourth-order valence-electron chi connectivity index (χ4n) is 0.770. The first-order chi connectivity index (χ1) is 6.11. The van der Waals surface area contributed by atoms with Crippen LogP contribution in [0.3, 0.4) is 0 Å². The predicted octanol–water partition coefficient (Wildman–Crippen LogP) is 0.840. The highest BCUT2D eigenvalue weighted by Gasteiger charge is 2.11. The van der Waals surface area contributed by atoms with Crippen LogP contribution in [0.25, 0.3) is 0 Å². The van der Waals surface area contributed by atoms with Crippen molar-refractivity contribution < 1.29 is 14.4 Å². The highest BCUT2D eigenvalue weighted by atomic mass is 19.1. The Kier molecular flexibility index (Phi) is 5.34. The summed E-state index contributed by atoms with van der Waals surface area (Å²) >= 11 is 0. The summed E-state index contributed by atoms with van der Waals surface area (Å²) in [4.78, 5) is 0. The standard InChI is InChI=1S/C7H8BFO2.C2H6/c1-5-2-3-6(8(10)11)4-7(5)9;1-2/h2-4,10-11H,1H3;1-2H3. The van der Waals surface area contributed by atoms with E-state index in [1.54, 1.807) is 6.92 Å². The van der Waals surface area contributed by atoms with Crippen molar-refractivity contribution in [1.29, 1.82) is 0 Å². The Morgan fingerprint density at radius 3 is 2.15 bits per heavy atom. The monoisotopic (exact) mass is 184 g/mol. The van der Waals surface area contributed by atoms with Crippen LogP contribution < -0.4 is 5.46 Å². The highest BCUT2D eigenvalue weighted by Crippen LogP contribution is 2.01. The van der Waals surface area contributed by atoms with Gasteiger partial charge in [-0.15, -0.1) is 0 Å². The second-order valence-electron chi connectivity index (χ2n) is 2.38. The average molecular weight is 184 g/mol. The molecule has 0 saturated heterocycles. The maximum Gasteiger partial charge on any atom is 0.488 e. The molecule has 0 aliphatic heterocycles. The number of aryl methyl sites for hydroxylation is 1. The van der Waals surface area contributed by atoms with E-state index in [-0.39, 0.29) is 5.46 Å². The van der Waals surface area contributed by atoms with E-state index < -0.39 is 12.9 Å². The molecule has 0 radical (unpaired) electrons. The van der Waals surface area contributed by atoms with Gasteiger partial charge in [-0.1, -0.05) is 26.0 Å². The minimum Gasteiger partial charge on any atom is -0.423 e. The van der Waals surface area contributed by atoms with Crippen molar-refractivity contribution in [2.75, 3.05) is 0 Å². The number of rotatable bonds is 1. The zero-order chi connectivity index (χ0) is 10.4. The molecular formula is C9H14BFO2. The Morgan fingerprint density at radius 1 is 1.23 bits per heavy atom. The van der Waals surface area contributed by atoms with E-state index in [4.69, 9.17) is 10.0 Å². The van der Waals surface area contributed by atoms with E-state index in [0.717, 1.165) is 6.07 Å². The first-order valence-corrected chi connectivity index (χ1v) is 4.23. The number of halogens is 1. The van der Waals surface area contributed by atoms with Gasteiger partial charge in [0.05, 0.1) is 0 Å². The van der Waals surface area contributed by atoms with Crippen LogP contribution in [0.4, 0.5) is 4.39 Å². The molecule has 0 amide bonds. The molecule has 72 valence electrons. The molecule has 2 nitrogen and oxygen atoms in total. The van der Waals surface area contributed by atoms with Crippen LogP contribution in [0.15, 0.2) is 18.2 Å². The molecule has 0 aliphatic carbocycles. The lowest BCUT2D eigenvalue weighted by Gasteiger charge is -2.00. The Hall–Kier alpha value is -0.865. The molecule has 2 N–H and O–H groups in total. The van der Waals surface area contributed by atoms with Crippen LogP contribution in [0.1, 0.15) is 19.4 Å². The molecule has 0 heterocycles. The lowest BCUT2D eigenvalue weighted by atomic mass is 9.80. The van der Waals surface area contributed by atoms with Gasteiger partial charge >= 0.3 is 7.12 Å². The van der Waals surface area contributed by atoms with Gasteiger partial charge < -0.3 is 10.0 Å². The fourth-order valence-corrected chi connectivity index (χ4v) is 0.770. The number of hydrogen-bond donors (Lipinski definition) is 2. The Balaban J connectivity index is 0.000000671. The van der Waals surface area contributed by atoms with Crippen LogP contribution in [0, 0.1) is 12.7 Å². The zero-order valence-corrected chi connectivity index (χ0v) is 8.08. The fraction of sp³-hybridized carbons (Fsp3) is 0.333. The molecule has 0 spiro atoms. The quantitative estimate of drug-likeness (QED) is 0.635. The molecule has 0 fully saturated rings. The summed E-state index contributed by atoms with van der Waals surface area (Å²) in [6, 6.07) is 4.09. The van der Waals surface area contributed by atoms with Gasteiger partial charge in [-0.3, -0.25) is 0 Å². The van der Waals surface area contributed by atoms with Crippen molar-refractivity contribution in [3.8, 4) is 0 Å². The summed E-state index contributed by atoms with van der Waals surface area (Å²) in [5.74, 6) is -0.421. The molecule has 0 aliphatic rings. The Bertz CT molecular complexity index is 264. The van der Waals surface area contributed by atoms with Gasteiger partial charge in [0, 0.05) is 0 Å². The van der Waals surface area contributed by atoms with Gasteiger partial charge in [0.15, 0.2) is 0 Å². The summed E-state index contributed by atoms with van der Waals surface area (Å²) in [5.41, 5.74) is 0.669. The summed E-state index contributed by atoms with van der Waals surface area (Å²) in [6.45, 7) is 5.61. The molecular weight excluding hydrogens is 170 g/mol. The van der Waals surface area contributed by atoms with E-state index in [0.29, 0.717) is 5.56 Å². The number of hydrogen-bond acceptors (Lipinski definition) is 2. The molecule has 4 heteroatoms. The molecule has 1 aromatic rings. The largest absolute Gasteiger partial charge is 0.488 e. The van der Waals surface area contributed by atoms with Gasteiger partial charge in [-0.25, -0.2) is 4.39 Å². The van der Waals surface area contributed by atoms with Crippen LogP contribution >= 0.6 is 0 Å². The first kappa shape index (κ1) is 12.1. The lowest BCUT2D eigenvalue weighted by molar-refractivity contribution is 0.425. The van der Waals surface area contributed by atoms with E-state index >= 15 is 0 Å². The van der Waals surface area contributed by atoms with Crippen LogP contribution in [-0.4, -0.2) is 17.2 Å². The predicted molar refractivity (Wildman–Crippen MR) is 52.3 cm³/mol. The highest BCUT2D eigenvalue weighted by molar-refractivity contribution is 6.58. The van der Waals surface area contributed by atoms with Crippen molar-refractivity contribution in [3.05, 3.63) is 29.6 Å². The minimum atomic E-state index is -1.59. The van der Waals surface area contributed by atoms with Crippen molar-refractivity contribution in [2.45, 2.75) is 20.8 Å². The second-order valence-corrected chi connectivity index (χ2v) is 2.38. The zero-order valence-electron chi connectivity index (χ0n) is 8.08. The molecule has 1 aromatic carbocycles. The van der Waals surface area contributed by atoms with Crippen LogP contribution in [0.2, 0.25) is 0 Å². The summed E-state index contributed by atoms with van der Waals surface area (Å²) in [5, 5.41) is 17.3. The van der Waals surface area contributed by atoms with E-state index in [2.05, 4.69) is 0 Å². The summed E-state index contributed by atoms with van der Waals surface area (Å²) in [6.07, 6.45) is 0. The van der Waals surface area contributed by atoms with Crippen molar-refractivity contribution >= 4 is 12.6 Å². The van der Waals surface area contributed by atoms with E-state index in [1.165, 1.54) is 12.1 Å². The van der Waals surface area contributed by atoms with Gasteiger partial charge in [0.25, 0.3) is 0 Å². The third-order valence-electron chi connectivity index (χ3n) is 1.49. The molecule has 0 bridgehead atoms. The lowest BCUT2D eigenvalue weighted by Crippen LogP contribution is -2.30. The van der Waals surface area contributed by atoms with Crippen molar-refractivity contribution in [3.63, 3.8) is 0 Å². The number of benzene rings is 1. The van der Waals surface area contributed by atoms with Gasteiger partial charge in [0.2, 0.25) is 0 Å². The third kappa shape index (κ3) is 3.57.